The number of rotatable bonds is 9. The number of ether oxygens (including phenoxy) is 1. The lowest BCUT2D eigenvalue weighted by Gasteiger charge is -2.65. The third-order valence-electron chi connectivity index (χ3n) is 13.9. The molecule has 51 heavy (non-hydrogen) atoms. The molecule has 5 aliphatic rings. The summed E-state index contributed by atoms with van der Waals surface area (Å²) in [6.45, 7) is 24.2. The summed E-state index contributed by atoms with van der Waals surface area (Å²) in [4.78, 5) is 17.3. The lowest BCUT2D eigenvalue weighted by atomic mass is 9.48. The number of nitrogens with zero attached hydrogens (tertiary/aromatic N) is 2. The van der Waals surface area contributed by atoms with Gasteiger partial charge in [-0.2, -0.15) is 0 Å². The Balaban J connectivity index is 1.35. The zero-order valence-electron chi connectivity index (χ0n) is 32.3. The molecule has 2 aromatic carbocycles. The minimum Gasteiger partial charge on any atom is -0.541 e. The van der Waals surface area contributed by atoms with Crippen LogP contribution >= 0.6 is 23.2 Å². The molecule has 0 unspecified atom stereocenters. The summed E-state index contributed by atoms with van der Waals surface area (Å²) in [6, 6.07) is 9.30. The Bertz CT molecular complexity index is 1720. The first-order valence-electron chi connectivity index (χ1n) is 19.0. The van der Waals surface area contributed by atoms with Gasteiger partial charge in [-0.1, -0.05) is 76.9 Å². The van der Waals surface area contributed by atoms with Crippen molar-refractivity contribution in [3.05, 3.63) is 57.1 Å². The molecule has 7 rings (SSSR count). The highest BCUT2D eigenvalue weighted by molar-refractivity contribution is 6.75. The molecule has 0 aromatic heterocycles. The number of likely N-dealkylation sites (tertiary alicyclic amines) is 1. The number of hydroxylamine groups is 2. The third kappa shape index (κ3) is 6.13. The van der Waals surface area contributed by atoms with Crippen LogP contribution in [0.5, 0.6) is 11.5 Å². The molecule has 280 valence electrons. The second-order valence-electron chi connectivity index (χ2n) is 19.2. The Hall–Kier alpha value is -1.60. The first-order chi connectivity index (χ1) is 23.6. The minimum atomic E-state index is -2.52. The Morgan fingerprint density at radius 3 is 2.29 bits per heavy atom. The smallest absolute Gasteiger partial charge is 0.250 e. The van der Waals surface area contributed by atoms with E-state index in [-0.39, 0.29) is 28.4 Å². The monoisotopic (exact) mass is 772 g/mol. The predicted molar refractivity (Wildman–Crippen MR) is 210 cm³/mol. The van der Waals surface area contributed by atoms with Crippen LogP contribution in [0.3, 0.4) is 0 Å². The van der Waals surface area contributed by atoms with E-state index in [4.69, 9.17) is 36.9 Å². The number of carbonyl (C=O) groups excluding carboxylic acids is 1. The van der Waals surface area contributed by atoms with Gasteiger partial charge in [0.05, 0.1) is 33.5 Å². The average molecular weight is 774 g/mol. The lowest BCUT2D eigenvalue weighted by molar-refractivity contribution is -0.228. The van der Waals surface area contributed by atoms with Gasteiger partial charge in [-0.3, -0.25) is 9.69 Å². The highest BCUT2D eigenvalue weighted by atomic mass is 35.5. The van der Waals surface area contributed by atoms with Crippen molar-refractivity contribution in [1.29, 1.82) is 0 Å². The van der Waals surface area contributed by atoms with Crippen LogP contribution in [0.4, 0.5) is 0 Å². The standard InChI is InChI=1S/C40H58Cl2N2O5Si2/c1-37(2,3)50(7,8)48-31-16-14-27-23-32-40(46)18-17-30(36-39(40,34(27)35(31)47-36)19-20-43(32)24-25-11-12-25)44(49-51(9,10)38(4,5)6)33(45)22-26-13-15-28(41)29(42)21-26/h13-16,21,25,30,32,36,46H,11-12,17-20,22-24H2,1-10H3/t30-,32+,36-,39-,40+/m0/s1. The van der Waals surface area contributed by atoms with Crippen LogP contribution < -0.4 is 9.16 Å². The van der Waals surface area contributed by atoms with E-state index in [0.29, 0.717) is 22.9 Å². The van der Waals surface area contributed by atoms with Crippen molar-refractivity contribution in [1.82, 2.24) is 9.96 Å². The van der Waals surface area contributed by atoms with E-state index in [0.717, 1.165) is 54.5 Å². The number of benzene rings is 2. The Morgan fingerprint density at radius 1 is 0.980 bits per heavy atom. The zero-order chi connectivity index (χ0) is 37.1. The summed E-state index contributed by atoms with van der Waals surface area (Å²) < 4.78 is 21.4. The molecule has 1 N–H and O–H groups in total. The summed E-state index contributed by atoms with van der Waals surface area (Å²) in [6.07, 6.45) is 4.84. The van der Waals surface area contributed by atoms with Gasteiger partial charge in [0.25, 0.3) is 8.32 Å². The fourth-order valence-corrected chi connectivity index (χ4v) is 11.1. The van der Waals surface area contributed by atoms with Gasteiger partial charge in [0.15, 0.2) is 5.75 Å². The van der Waals surface area contributed by atoms with Crippen LogP contribution in [0, 0.1) is 5.92 Å². The Kier molecular flexibility index (Phi) is 9.22. The molecule has 2 aromatic rings. The molecule has 7 nitrogen and oxygen atoms in total. The van der Waals surface area contributed by atoms with Crippen LogP contribution in [0.15, 0.2) is 30.3 Å². The Labute approximate surface area is 317 Å². The number of halogens is 2. The molecule has 1 amide bonds. The molecular formula is C40H58Cl2N2O5Si2. The first-order valence-corrected chi connectivity index (χ1v) is 25.6. The summed E-state index contributed by atoms with van der Waals surface area (Å²) >= 11 is 12.7. The van der Waals surface area contributed by atoms with Crippen molar-refractivity contribution in [2.75, 3.05) is 13.1 Å². The lowest BCUT2D eigenvalue weighted by Crippen LogP contribution is -2.78. The molecule has 5 atom stereocenters. The molecular weight excluding hydrogens is 716 g/mol. The predicted octanol–water partition coefficient (Wildman–Crippen LogP) is 9.32. The van der Waals surface area contributed by atoms with E-state index in [1.54, 1.807) is 17.2 Å². The van der Waals surface area contributed by atoms with E-state index in [1.165, 1.54) is 18.4 Å². The highest BCUT2D eigenvalue weighted by Gasteiger charge is 2.74. The van der Waals surface area contributed by atoms with Crippen LogP contribution in [-0.2, 0) is 27.6 Å². The average Bonchev–Trinajstić information content (AvgIpc) is 3.76. The largest absolute Gasteiger partial charge is 0.541 e. The first kappa shape index (κ1) is 37.7. The van der Waals surface area contributed by atoms with E-state index in [1.807, 2.05) is 6.07 Å². The zero-order valence-corrected chi connectivity index (χ0v) is 35.8. The third-order valence-corrected chi connectivity index (χ3v) is 23.3. The van der Waals surface area contributed by atoms with Crippen molar-refractivity contribution in [3.8, 4) is 11.5 Å². The van der Waals surface area contributed by atoms with Gasteiger partial charge in [0, 0.05) is 18.2 Å². The molecule has 2 heterocycles. The number of aliphatic hydroxyl groups is 1. The molecule has 3 aliphatic carbocycles. The van der Waals surface area contributed by atoms with Gasteiger partial charge in [0.1, 0.15) is 11.9 Å². The van der Waals surface area contributed by atoms with Gasteiger partial charge in [-0.15, -0.1) is 0 Å². The molecule has 2 saturated carbocycles. The molecule has 2 aliphatic heterocycles. The summed E-state index contributed by atoms with van der Waals surface area (Å²) in [5.41, 5.74) is 1.42. The fourth-order valence-electron chi connectivity index (χ4n) is 8.78. The van der Waals surface area contributed by atoms with Crippen LogP contribution in [0.25, 0.3) is 0 Å². The number of hydrogen-bond donors (Lipinski definition) is 1. The van der Waals surface area contributed by atoms with E-state index >= 15 is 0 Å². The molecule has 3 fully saturated rings. The molecule has 11 heteroatoms. The highest BCUT2D eigenvalue weighted by Crippen LogP contribution is 2.66. The molecule has 0 radical (unpaired) electrons. The normalized spacial score (nSPS) is 29.0. The van der Waals surface area contributed by atoms with Crippen LogP contribution in [0.1, 0.15) is 90.3 Å². The Morgan fingerprint density at radius 2 is 1.67 bits per heavy atom. The van der Waals surface area contributed by atoms with Crippen molar-refractivity contribution < 1.29 is 23.6 Å². The van der Waals surface area contributed by atoms with Gasteiger partial charge in [0.2, 0.25) is 14.2 Å². The summed E-state index contributed by atoms with van der Waals surface area (Å²) in [5.74, 6) is 2.12. The van der Waals surface area contributed by atoms with Crippen molar-refractivity contribution in [2.24, 2.45) is 5.92 Å². The molecule has 2 bridgehead atoms. The molecule has 1 saturated heterocycles. The number of carbonyl (C=O) groups is 1. The minimum absolute atomic E-state index is 0.00736. The van der Waals surface area contributed by atoms with Gasteiger partial charge in [-0.25, -0.2) is 5.06 Å². The maximum atomic E-state index is 14.7. The van der Waals surface area contributed by atoms with Gasteiger partial charge < -0.3 is 18.8 Å². The van der Waals surface area contributed by atoms with Crippen molar-refractivity contribution in [3.63, 3.8) is 0 Å². The fraction of sp³-hybridized carbons (Fsp3) is 0.675. The summed E-state index contributed by atoms with van der Waals surface area (Å²) in [5, 5.41) is 15.8. The number of piperidine rings is 1. The number of amides is 1. The van der Waals surface area contributed by atoms with Crippen molar-refractivity contribution in [2.45, 2.75) is 152 Å². The summed E-state index contributed by atoms with van der Waals surface area (Å²) in [7, 11) is -4.76. The van der Waals surface area contributed by atoms with Crippen LogP contribution in [0.2, 0.25) is 46.3 Å². The van der Waals surface area contributed by atoms with Gasteiger partial charge in [-0.05, 0) is 117 Å². The van der Waals surface area contributed by atoms with Gasteiger partial charge >= 0.3 is 0 Å². The number of hydrogen-bond acceptors (Lipinski definition) is 6. The van der Waals surface area contributed by atoms with Crippen molar-refractivity contribution >= 4 is 45.7 Å². The SMILES string of the molecule is CC(C)(C)[Si](C)(C)Oc1ccc2c3c1O[C@H]1[C@@H](N(O[Si](C)(C)C(C)(C)C)C(=O)Cc4ccc(Cl)c(Cl)c4)CC[C@@]4(O)[C@@H](C2)N(CC2CC2)CC[C@]314. The maximum absolute atomic E-state index is 14.7. The quantitative estimate of drug-likeness (QED) is 0.203. The van der Waals surface area contributed by atoms with E-state index in [9.17, 15) is 9.90 Å². The molecule has 1 spiro atoms. The van der Waals surface area contributed by atoms with E-state index < -0.39 is 39.8 Å². The van der Waals surface area contributed by atoms with Crippen LogP contribution in [-0.4, -0.2) is 74.5 Å². The maximum Gasteiger partial charge on any atom is 0.250 e. The van der Waals surface area contributed by atoms with E-state index in [2.05, 4.69) is 84.8 Å². The second kappa shape index (κ2) is 12.5. The topological polar surface area (TPSA) is 71.5 Å². The second-order valence-corrected chi connectivity index (χ2v) is 29.5.